The molecule has 0 aromatic carbocycles. The molecule has 1 saturated carbocycles. The van der Waals surface area contributed by atoms with E-state index in [0.29, 0.717) is 12.5 Å². The Labute approximate surface area is 79.6 Å². The minimum absolute atomic E-state index is 0.0827. The molecule has 13 heavy (non-hydrogen) atoms. The Hall–Kier alpha value is -1.06. The second-order valence-electron chi connectivity index (χ2n) is 3.66. The number of rotatable bonds is 5. The summed E-state index contributed by atoms with van der Waals surface area (Å²) in [5, 5.41) is 17.1. The molecule has 0 radical (unpaired) electrons. The van der Waals surface area contributed by atoms with E-state index in [2.05, 4.69) is 17.0 Å². The maximum absolute atomic E-state index is 8.67. The Kier molecular flexibility index (Phi) is 3.73. The van der Waals surface area contributed by atoms with Crippen molar-refractivity contribution in [1.29, 1.82) is 10.5 Å². The van der Waals surface area contributed by atoms with Crippen LogP contribution in [0.5, 0.6) is 0 Å². The number of hydrogen-bond donors (Lipinski definition) is 0. The average Bonchev–Trinajstić information content (AvgIpc) is 2.94. The van der Waals surface area contributed by atoms with Gasteiger partial charge in [-0.15, -0.1) is 0 Å². The molecule has 3 heteroatoms. The van der Waals surface area contributed by atoms with Crippen molar-refractivity contribution in [2.45, 2.75) is 32.2 Å². The largest absolute Gasteiger partial charge is 0.298 e. The quantitative estimate of drug-likeness (QED) is 0.639. The Morgan fingerprint density at radius 1 is 1.46 bits per heavy atom. The first kappa shape index (κ1) is 10.0. The van der Waals surface area contributed by atoms with Crippen LogP contribution in [0.3, 0.4) is 0 Å². The third kappa shape index (κ3) is 3.44. The van der Waals surface area contributed by atoms with E-state index in [9.17, 15) is 0 Å². The predicted octanol–water partition coefficient (Wildman–Crippen LogP) is 1.52. The minimum atomic E-state index is 0.0827. The van der Waals surface area contributed by atoms with Gasteiger partial charge >= 0.3 is 0 Å². The normalized spacial score (nSPS) is 17.8. The van der Waals surface area contributed by atoms with Gasteiger partial charge in [-0.1, -0.05) is 0 Å². The highest BCUT2D eigenvalue weighted by Gasteiger charge is 2.29. The van der Waals surface area contributed by atoms with Crippen LogP contribution >= 0.6 is 0 Å². The minimum Gasteiger partial charge on any atom is -0.298 e. The van der Waals surface area contributed by atoms with Crippen LogP contribution in [-0.2, 0) is 0 Å². The molecule has 0 amide bonds. The molecular formula is C10H15N3. The van der Waals surface area contributed by atoms with Gasteiger partial charge in [-0.05, 0) is 19.8 Å². The zero-order chi connectivity index (χ0) is 9.68. The topological polar surface area (TPSA) is 50.8 Å². The lowest BCUT2D eigenvalue weighted by molar-refractivity contribution is 0.251. The van der Waals surface area contributed by atoms with Gasteiger partial charge in [-0.25, -0.2) is 0 Å². The van der Waals surface area contributed by atoms with E-state index in [-0.39, 0.29) is 5.92 Å². The van der Waals surface area contributed by atoms with Gasteiger partial charge in [-0.2, -0.15) is 10.5 Å². The van der Waals surface area contributed by atoms with Crippen molar-refractivity contribution < 1.29 is 0 Å². The molecule has 1 unspecified atom stereocenters. The monoisotopic (exact) mass is 177 g/mol. The summed E-state index contributed by atoms with van der Waals surface area (Å²) in [4.78, 5) is 2.27. The maximum Gasteiger partial charge on any atom is 0.0666 e. The number of hydrogen-bond acceptors (Lipinski definition) is 3. The summed E-state index contributed by atoms with van der Waals surface area (Å²) in [5.74, 6) is 0.0827. The van der Waals surface area contributed by atoms with E-state index in [0.717, 1.165) is 13.1 Å². The summed E-state index contributed by atoms with van der Waals surface area (Å²) >= 11 is 0. The molecule has 1 atom stereocenters. The fourth-order valence-corrected chi connectivity index (χ4v) is 1.45. The third-order valence-corrected chi connectivity index (χ3v) is 2.30. The Balaban J connectivity index is 2.30. The van der Waals surface area contributed by atoms with Gasteiger partial charge in [0.25, 0.3) is 0 Å². The van der Waals surface area contributed by atoms with Gasteiger partial charge in [0.2, 0.25) is 0 Å². The second kappa shape index (κ2) is 4.84. The van der Waals surface area contributed by atoms with Gasteiger partial charge in [0, 0.05) is 25.6 Å². The zero-order valence-electron chi connectivity index (χ0n) is 8.03. The Morgan fingerprint density at radius 2 is 2.15 bits per heavy atom. The first-order valence-electron chi connectivity index (χ1n) is 4.78. The van der Waals surface area contributed by atoms with Crippen molar-refractivity contribution >= 4 is 0 Å². The summed E-state index contributed by atoms with van der Waals surface area (Å²) in [6, 6.07) is 5.03. The van der Waals surface area contributed by atoms with E-state index in [1.807, 2.05) is 6.92 Å². The van der Waals surface area contributed by atoms with Gasteiger partial charge in [0.15, 0.2) is 0 Å². The van der Waals surface area contributed by atoms with Gasteiger partial charge in [0.1, 0.15) is 0 Å². The standard InChI is InChI=1S/C10H15N3/c1-9(7-12)8-13(6-2-5-11)10-3-4-10/h9-10H,2-4,6,8H2,1H3. The van der Waals surface area contributed by atoms with Crippen LogP contribution in [0.25, 0.3) is 0 Å². The van der Waals surface area contributed by atoms with Crippen LogP contribution in [0.1, 0.15) is 26.2 Å². The summed E-state index contributed by atoms with van der Waals surface area (Å²) in [6.07, 6.45) is 3.06. The number of nitrogens with zero attached hydrogens (tertiary/aromatic N) is 3. The molecule has 0 aliphatic heterocycles. The molecule has 1 aliphatic rings. The highest BCUT2D eigenvalue weighted by Crippen LogP contribution is 2.27. The molecular weight excluding hydrogens is 162 g/mol. The zero-order valence-corrected chi connectivity index (χ0v) is 8.03. The molecule has 70 valence electrons. The lowest BCUT2D eigenvalue weighted by Gasteiger charge is -2.21. The first-order chi connectivity index (χ1) is 6.27. The average molecular weight is 177 g/mol. The van der Waals surface area contributed by atoms with E-state index in [1.54, 1.807) is 0 Å². The van der Waals surface area contributed by atoms with Crippen molar-refractivity contribution in [1.82, 2.24) is 4.90 Å². The molecule has 0 saturated heterocycles. The molecule has 1 rings (SSSR count). The first-order valence-corrected chi connectivity index (χ1v) is 4.78. The molecule has 0 N–H and O–H groups in total. The van der Waals surface area contributed by atoms with Crippen LogP contribution in [0.4, 0.5) is 0 Å². The van der Waals surface area contributed by atoms with Gasteiger partial charge in [0.05, 0.1) is 18.1 Å². The summed E-state index contributed by atoms with van der Waals surface area (Å²) in [6.45, 7) is 3.58. The SMILES string of the molecule is CC(C#N)CN(CCC#N)C1CC1. The van der Waals surface area contributed by atoms with E-state index >= 15 is 0 Å². The summed E-state index contributed by atoms with van der Waals surface area (Å²) in [5.41, 5.74) is 0. The summed E-state index contributed by atoms with van der Waals surface area (Å²) < 4.78 is 0. The van der Waals surface area contributed by atoms with Crippen molar-refractivity contribution in [3.05, 3.63) is 0 Å². The number of nitriles is 2. The highest BCUT2D eigenvalue weighted by molar-refractivity contribution is 4.90. The molecule has 1 aliphatic carbocycles. The Morgan fingerprint density at radius 3 is 2.62 bits per heavy atom. The van der Waals surface area contributed by atoms with Crippen molar-refractivity contribution in [2.75, 3.05) is 13.1 Å². The molecule has 0 aromatic heterocycles. The summed E-state index contributed by atoms with van der Waals surface area (Å²) in [7, 11) is 0. The lowest BCUT2D eigenvalue weighted by Crippen LogP contribution is -2.31. The van der Waals surface area contributed by atoms with Crippen molar-refractivity contribution in [3.8, 4) is 12.1 Å². The maximum atomic E-state index is 8.67. The van der Waals surface area contributed by atoms with E-state index < -0.39 is 0 Å². The highest BCUT2D eigenvalue weighted by atomic mass is 15.2. The smallest absolute Gasteiger partial charge is 0.0666 e. The third-order valence-electron chi connectivity index (χ3n) is 2.30. The second-order valence-corrected chi connectivity index (χ2v) is 3.66. The van der Waals surface area contributed by atoms with Gasteiger partial charge in [-0.3, -0.25) is 4.90 Å². The molecule has 0 heterocycles. The molecule has 0 spiro atoms. The molecule has 1 fully saturated rings. The molecule has 0 aromatic rings. The van der Waals surface area contributed by atoms with Crippen molar-refractivity contribution in [2.24, 2.45) is 5.92 Å². The van der Waals surface area contributed by atoms with Crippen molar-refractivity contribution in [3.63, 3.8) is 0 Å². The van der Waals surface area contributed by atoms with E-state index in [4.69, 9.17) is 10.5 Å². The van der Waals surface area contributed by atoms with E-state index in [1.165, 1.54) is 12.8 Å². The van der Waals surface area contributed by atoms with Crippen LogP contribution in [-0.4, -0.2) is 24.0 Å². The van der Waals surface area contributed by atoms with Crippen LogP contribution < -0.4 is 0 Å². The fraction of sp³-hybridized carbons (Fsp3) is 0.800. The van der Waals surface area contributed by atoms with Crippen LogP contribution in [0.15, 0.2) is 0 Å². The molecule has 3 nitrogen and oxygen atoms in total. The van der Waals surface area contributed by atoms with Crippen LogP contribution in [0, 0.1) is 28.6 Å². The Bertz CT molecular complexity index is 232. The lowest BCUT2D eigenvalue weighted by atomic mass is 10.2. The fourth-order valence-electron chi connectivity index (χ4n) is 1.45. The van der Waals surface area contributed by atoms with Gasteiger partial charge < -0.3 is 0 Å². The predicted molar refractivity (Wildman–Crippen MR) is 49.6 cm³/mol. The molecule has 0 bridgehead atoms. The van der Waals surface area contributed by atoms with Crippen LogP contribution in [0.2, 0.25) is 0 Å².